The van der Waals surface area contributed by atoms with E-state index in [1.165, 1.54) is 0 Å². The van der Waals surface area contributed by atoms with Gasteiger partial charge in [-0.1, -0.05) is 0 Å². The molecule has 21 heavy (non-hydrogen) atoms. The number of nitrogens with zero attached hydrogens (tertiary/aromatic N) is 1. The van der Waals surface area contributed by atoms with E-state index in [1.807, 2.05) is 0 Å². The van der Waals surface area contributed by atoms with Crippen molar-refractivity contribution in [3.63, 3.8) is 0 Å². The molecule has 2 heterocycles. The van der Waals surface area contributed by atoms with Crippen LogP contribution in [0.4, 0.5) is 0 Å². The molecule has 3 N–H and O–H groups in total. The van der Waals surface area contributed by atoms with Gasteiger partial charge < -0.3 is 4.84 Å². The third-order valence-corrected chi connectivity index (χ3v) is 4.08. The summed E-state index contributed by atoms with van der Waals surface area (Å²) in [6.45, 7) is 1.79. The first kappa shape index (κ1) is 18.5. The van der Waals surface area contributed by atoms with Gasteiger partial charge in [0, 0.05) is 0 Å². The van der Waals surface area contributed by atoms with Gasteiger partial charge in [0.25, 0.3) is 21.9 Å². The van der Waals surface area contributed by atoms with Gasteiger partial charge in [0.05, 0.1) is 18.5 Å². The maximum atomic E-state index is 11.6. The summed E-state index contributed by atoms with van der Waals surface area (Å²) in [5.41, 5.74) is 5.19. The molecule has 1 unspecified atom stereocenters. The molecular formula is C9H14N3NaO7S. The number of hydrogen-bond donors (Lipinski definition) is 3. The van der Waals surface area contributed by atoms with E-state index >= 15 is 0 Å². The molecule has 0 aliphatic carbocycles. The number of hydroxylamine groups is 2. The molecule has 10 nitrogen and oxygen atoms in total. The summed E-state index contributed by atoms with van der Waals surface area (Å²) in [5, 5.41) is -1.82. The fraction of sp³-hybridized carbons (Fsp3) is 0.667. The number of hydrazine groups is 1. The summed E-state index contributed by atoms with van der Waals surface area (Å²) >= 11 is 0. The van der Waals surface area contributed by atoms with Crippen LogP contribution in [0.25, 0.3) is 0 Å². The second kappa shape index (κ2) is 6.28. The summed E-state index contributed by atoms with van der Waals surface area (Å²) in [6.07, 6.45) is -0.459. The molecule has 2 saturated heterocycles. The van der Waals surface area contributed by atoms with Gasteiger partial charge in [-0.15, -0.1) is 5.06 Å². The number of carbonyl (C=O) groups is 3. The van der Waals surface area contributed by atoms with Gasteiger partial charge >= 0.3 is 35.5 Å². The third-order valence-electron chi connectivity index (χ3n) is 3.00. The Labute approximate surface area is 142 Å². The number of nitrogens with one attached hydrogen (secondary N) is 2. The van der Waals surface area contributed by atoms with E-state index in [4.69, 9.17) is 4.55 Å². The van der Waals surface area contributed by atoms with Crippen LogP contribution in [0.15, 0.2) is 0 Å². The van der Waals surface area contributed by atoms with E-state index in [-0.39, 0.29) is 46.7 Å². The third kappa shape index (κ3) is 4.45. The Kier molecular flexibility index (Phi) is 5.53. The molecule has 2 amide bonds. The molecule has 114 valence electrons. The molecule has 0 spiro atoms. The molecule has 1 atom stereocenters. The Bertz CT molecular complexity index is 574. The van der Waals surface area contributed by atoms with Gasteiger partial charge in [-0.05, 0) is 13.3 Å². The van der Waals surface area contributed by atoms with E-state index in [1.54, 1.807) is 6.92 Å². The molecule has 0 aromatic carbocycles. The van der Waals surface area contributed by atoms with Crippen molar-refractivity contribution in [1.82, 2.24) is 15.9 Å². The van der Waals surface area contributed by atoms with Crippen LogP contribution in [0.5, 0.6) is 0 Å². The number of rotatable bonds is 5. The molecule has 12 heteroatoms. The molecule has 2 aliphatic rings. The Morgan fingerprint density at radius 2 is 2.05 bits per heavy atom. The Morgan fingerprint density at radius 1 is 1.48 bits per heavy atom. The van der Waals surface area contributed by atoms with Gasteiger partial charge in [-0.3, -0.25) is 14.1 Å². The second-order valence-electron chi connectivity index (χ2n) is 4.78. The van der Waals surface area contributed by atoms with E-state index in [9.17, 15) is 22.8 Å². The second-order valence-corrected chi connectivity index (χ2v) is 6.38. The summed E-state index contributed by atoms with van der Waals surface area (Å²) < 4.78 is 30.6. The maximum absolute atomic E-state index is 11.6. The van der Waals surface area contributed by atoms with Crippen LogP contribution in [-0.4, -0.2) is 76.3 Å². The SMILES string of the molecule is CC1(CCC(=O)ON2C(=O)CC(S(=O)(=O)O)C2=O)NN1.[NaH]. The summed E-state index contributed by atoms with van der Waals surface area (Å²) in [6, 6.07) is 0. The van der Waals surface area contributed by atoms with Gasteiger partial charge in [-0.2, -0.15) is 8.42 Å². The number of amides is 2. The first-order valence-corrected chi connectivity index (χ1v) is 7.21. The van der Waals surface area contributed by atoms with Crippen molar-refractivity contribution >= 4 is 57.5 Å². The van der Waals surface area contributed by atoms with Crippen LogP contribution in [0.3, 0.4) is 0 Å². The summed E-state index contributed by atoms with van der Waals surface area (Å²) in [7, 11) is -4.70. The molecule has 2 aliphatic heterocycles. The van der Waals surface area contributed by atoms with Gasteiger partial charge in [0.2, 0.25) is 0 Å². The monoisotopic (exact) mass is 331 g/mol. The number of imide groups is 1. The molecule has 0 aromatic rings. The average molecular weight is 331 g/mol. The van der Waals surface area contributed by atoms with Crippen LogP contribution in [0.1, 0.15) is 26.2 Å². The van der Waals surface area contributed by atoms with Gasteiger partial charge in [0.1, 0.15) is 0 Å². The zero-order valence-corrected chi connectivity index (χ0v) is 11.3. The molecule has 2 fully saturated rings. The zero-order chi connectivity index (χ0) is 15.1. The van der Waals surface area contributed by atoms with Gasteiger partial charge in [0.15, 0.2) is 5.25 Å². The standard InChI is InChI=1S/C9H13N3O7S.Na.H/c1-9(10-11-9)3-2-7(14)19-12-6(13)4-5(8(12)15)20(16,17)18;;/h5,10-11H,2-4H2,1H3,(H,16,17,18);;. The fourth-order valence-electron chi connectivity index (χ4n) is 1.64. The summed E-state index contributed by atoms with van der Waals surface area (Å²) in [4.78, 5) is 39.0. The first-order valence-electron chi connectivity index (χ1n) is 5.71. The first-order chi connectivity index (χ1) is 9.12. The normalized spacial score (nSPS) is 23.7. The fourth-order valence-corrected chi connectivity index (χ4v) is 2.35. The molecule has 0 aromatic heterocycles. The van der Waals surface area contributed by atoms with Crippen LogP contribution >= 0.6 is 0 Å². The quantitative estimate of drug-likeness (QED) is 0.212. The van der Waals surface area contributed by atoms with Crippen LogP contribution in [-0.2, 0) is 29.3 Å². The Morgan fingerprint density at radius 3 is 2.48 bits per heavy atom. The van der Waals surface area contributed by atoms with Crippen molar-refractivity contribution < 1.29 is 32.2 Å². The van der Waals surface area contributed by atoms with Crippen LogP contribution < -0.4 is 10.9 Å². The predicted octanol–water partition coefficient (Wildman–Crippen LogP) is -2.58. The topological polar surface area (TPSA) is 162 Å². The number of carbonyl (C=O) groups excluding carboxylic acids is 3. The summed E-state index contributed by atoms with van der Waals surface area (Å²) in [5.74, 6) is -3.10. The van der Waals surface area contributed by atoms with Crippen molar-refractivity contribution in [3.05, 3.63) is 0 Å². The molecule has 2 rings (SSSR count). The molecular weight excluding hydrogens is 317 g/mol. The molecule has 0 saturated carbocycles. The van der Waals surface area contributed by atoms with Crippen molar-refractivity contribution in [2.24, 2.45) is 0 Å². The molecule has 0 bridgehead atoms. The number of hydrogen-bond acceptors (Lipinski definition) is 8. The van der Waals surface area contributed by atoms with E-state index in [2.05, 4.69) is 15.7 Å². The van der Waals surface area contributed by atoms with E-state index in [0.29, 0.717) is 6.42 Å². The van der Waals surface area contributed by atoms with E-state index in [0.717, 1.165) is 0 Å². The van der Waals surface area contributed by atoms with Crippen LogP contribution in [0.2, 0.25) is 0 Å². The van der Waals surface area contributed by atoms with Crippen molar-refractivity contribution in [2.75, 3.05) is 0 Å². The van der Waals surface area contributed by atoms with Crippen molar-refractivity contribution in [1.29, 1.82) is 0 Å². The Balaban J connectivity index is 0.00000220. The van der Waals surface area contributed by atoms with Crippen molar-refractivity contribution in [2.45, 2.75) is 37.1 Å². The molecule has 0 radical (unpaired) electrons. The van der Waals surface area contributed by atoms with Crippen molar-refractivity contribution in [3.8, 4) is 0 Å². The Hall–Kier alpha value is -0.560. The van der Waals surface area contributed by atoms with Crippen LogP contribution in [0, 0.1) is 0 Å². The zero-order valence-electron chi connectivity index (χ0n) is 10.5. The van der Waals surface area contributed by atoms with Gasteiger partial charge in [-0.25, -0.2) is 15.6 Å². The van der Waals surface area contributed by atoms with E-state index < -0.39 is 39.6 Å². The predicted molar refractivity (Wildman–Crippen MR) is 69.0 cm³/mol. The average Bonchev–Trinajstić information content (AvgIpc) is 2.99. The minimum absolute atomic E-state index is 0. The minimum atomic E-state index is -4.70.